The molecular formula is C9H14N2O2. The van der Waals surface area contributed by atoms with Gasteiger partial charge in [-0.05, 0) is 13.0 Å². The van der Waals surface area contributed by atoms with E-state index in [-0.39, 0.29) is 24.1 Å². The highest BCUT2D eigenvalue weighted by atomic mass is 16.3. The lowest BCUT2D eigenvalue weighted by Crippen LogP contribution is -2.20. The summed E-state index contributed by atoms with van der Waals surface area (Å²) < 4.78 is 0. The Morgan fingerprint density at radius 1 is 1.38 bits per heavy atom. The minimum absolute atomic E-state index is 0.0259. The van der Waals surface area contributed by atoms with Crippen LogP contribution in [0, 0.1) is 6.92 Å². The molecule has 72 valence electrons. The molecule has 0 aliphatic heterocycles. The van der Waals surface area contributed by atoms with Crippen LogP contribution in [0.25, 0.3) is 0 Å². The van der Waals surface area contributed by atoms with Gasteiger partial charge in [0, 0.05) is 23.7 Å². The molecule has 0 heterocycles. The molecule has 0 bridgehead atoms. The van der Waals surface area contributed by atoms with Gasteiger partial charge in [-0.25, -0.2) is 0 Å². The van der Waals surface area contributed by atoms with Crippen molar-refractivity contribution in [3.8, 4) is 11.5 Å². The zero-order valence-electron chi connectivity index (χ0n) is 7.49. The van der Waals surface area contributed by atoms with Gasteiger partial charge in [0.25, 0.3) is 0 Å². The van der Waals surface area contributed by atoms with Crippen LogP contribution in [0.1, 0.15) is 17.2 Å². The summed E-state index contributed by atoms with van der Waals surface area (Å²) in [5.41, 5.74) is 12.0. The third-order valence-corrected chi connectivity index (χ3v) is 2.09. The Morgan fingerprint density at radius 2 is 2.00 bits per heavy atom. The minimum Gasteiger partial charge on any atom is -0.508 e. The van der Waals surface area contributed by atoms with Crippen molar-refractivity contribution in [2.75, 3.05) is 6.54 Å². The number of benzene rings is 1. The van der Waals surface area contributed by atoms with Crippen LogP contribution in [0.4, 0.5) is 0 Å². The molecule has 6 N–H and O–H groups in total. The Hall–Kier alpha value is -1.26. The Bertz CT molecular complexity index is 313. The molecule has 0 spiro atoms. The summed E-state index contributed by atoms with van der Waals surface area (Å²) in [4.78, 5) is 0. The van der Waals surface area contributed by atoms with Gasteiger partial charge in [0.1, 0.15) is 11.5 Å². The summed E-state index contributed by atoms with van der Waals surface area (Å²) in [6.45, 7) is 1.88. The number of phenolic OH excluding ortho intramolecular Hbond substituents is 2. The lowest BCUT2D eigenvalue weighted by Gasteiger charge is -2.13. The highest BCUT2D eigenvalue weighted by Gasteiger charge is 2.12. The van der Waals surface area contributed by atoms with Crippen LogP contribution < -0.4 is 11.5 Å². The van der Waals surface area contributed by atoms with Crippen molar-refractivity contribution in [2.24, 2.45) is 11.5 Å². The van der Waals surface area contributed by atoms with Gasteiger partial charge in [-0.2, -0.15) is 0 Å². The zero-order chi connectivity index (χ0) is 10.0. The molecule has 0 unspecified atom stereocenters. The van der Waals surface area contributed by atoms with Gasteiger partial charge in [-0.1, -0.05) is 6.07 Å². The quantitative estimate of drug-likeness (QED) is 0.531. The zero-order valence-corrected chi connectivity index (χ0v) is 7.49. The number of hydrogen-bond acceptors (Lipinski definition) is 4. The van der Waals surface area contributed by atoms with E-state index in [2.05, 4.69) is 0 Å². The second-order valence-electron chi connectivity index (χ2n) is 2.99. The molecule has 0 aliphatic rings. The molecule has 1 atom stereocenters. The van der Waals surface area contributed by atoms with Gasteiger partial charge < -0.3 is 21.7 Å². The second kappa shape index (κ2) is 3.64. The first kappa shape index (κ1) is 9.83. The predicted octanol–water partition coefficient (Wildman–Crippen LogP) is 0.365. The lowest BCUT2D eigenvalue weighted by molar-refractivity contribution is 0.435. The summed E-state index contributed by atoms with van der Waals surface area (Å²) in [5, 5.41) is 18.8. The van der Waals surface area contributed by atoms with E-state index in [4.69, 9.17) is 11.5 Å². The molecule has 13 heavy (non-hydrogen) atoms. The van der Waals surface area contributed by atoms with Crippen LogP contribution in [0.2, 0.25) is 0 Å². The van der Waals surface area contributed by atoms with Crippen molar-refractivity contribution >= 4 is 0 Å². The molecule has 0 radical (unpaired) electrons. The van der Waals surface area contributed by atoms with Crippen molar-refractivity contribution in [2.45, 2.75) is 13.0 Å². The number of aromatic hydroxyl groups is 2. The monoisotopic (exact) mass is 182 g/mol. The normalized spacial score (nSPS) is 12.8. The second-order valence-corrected chi connectivity index (χ2v) is 2.99. The van der Waals surface area contributed by atoms with Gasteiger partial charge in [-0.15, -0.1) is 0 Å². The molecule has 0 saturated carbocycles. The predicted molar refractivity (Wildman–Crippen MR) is 50.5 cm³/mol. The Labute approximate surface area is 76.8 Å². The highest BCUT2D eigenvalue weighted by Crippen LogP contribution is 2.31. The van der Waals surface area contributed by atoms with Crippen molar-refractivity contribution in [3.63, 3.8) is 0 Å². The smallest absolute Gasteiger partial charge is 0.126 e. The fourth-order valence-corrected chi connectivity index (χ4v) is 1.14. The average Bonchev–Trinajstić information content (AvgIpc) is 2.13. The molecular weight excluding hydrogens is 168 g/mol. The lowest BCUT2D eigenvalue weighted by atomic mass is 10.0. The minimum atomic E-state index is -0.390. The van der Waals surface area contributed by atoms with Crippen LogP contribution in [-0.4, -0.2) is 16.8 Å². The topological polar surface area (TPSA) is 92.5 Å². The molecule has 1 aromatic carbocycles. The Kier molecular flexibility index (Phi) is 2.75. The molecule has 1 rings (SSSR count). The highest BCUT2D eigenvalue weighted by molar-refractivity contribution is 5.48. The number of phenols is 2. The summed E-state index contributed by atoms with van der Waals surface area (Å²) in [5.74, 6) is 0.0865. The van der Waals surface area contributed by atoms with Gasteiger partial charge in [0.15, 0.2) is 0 Å². The fourth-order valence-electron chi connectivity index (χ4n) is 1.14. The van der Waals surface area contributed by atoms with Crippen LogP contribution in [0.3, 0.4) is 0 Å². The van der Waals surface area contributed by atoms with Gasteiger partial charge in [0.2, 0.25) is 0 Å². The maximum atomic E-state index is 9.58. The molecule has 0 fully saturated rings. The number of hydrogen-bond donors (Lipinski definition) is 4. The van der Waals surface area contributed by atoms with Gasteiger partial charge in [0.05, 0.1) is 0 Å². The first-order valence-electron chi connectivity index (χ1n) is 4.05. The number of rotatable bonds is 2. The van der Waals surface area contributed by atoms with Crippen molar-refractivity contribution in [1.82, 2.24) is 0 Å². The van der Waals surface area contributed by atoms with Crippen LogP contribution in [0.15, 0.2) is 12.1 Å². The number of nitrogens with two attached hydrogens (primary N) is 2. The van der Waals surface area contributed by atoms with Crippen LogP contribution >= 0.6 is 0 Å². The van der Waals surface area contributed by atoms with E-state index >= 15 is 0 Å². The first-order chi connectivity index (χ1) is 6.07. The third-order valence-electron chi connectivity index (χ3n) is 2.09. The molecule has 1 aromatic rings. The van der Waals surface area contributed by atoms with E-state index in [1.165, 1.54) is 6.07 Å². The molecule has 0 saturated heterocycles. The summed E-state index contributed by atoms with van der Waals surface area (Å²) in [7, 11) is 0. The van der Waals surface area contributed by atoms with Crippen molar-refractivity contribution in [1.29, 1.82) is 0 Å². The fraction of sp³-hybridized carbons (Fsp3) is 0.333. The van der Waals surface area contributed by atoms with E-state index in [9.17, 15) is 10.2 Å². The van der Waals surface area contributed by atoms with E-state index in [1.54, 1.807) is 13.0 Å². The van der Waals surface area contributed by atoms with Crippen LogP contribution in [-0.2, 0) is 0 Å². The van der Waals surface area contributed by atoms with E-state index < -0.39 is 0 Å². The summed E-state index contributed by atoms with van der Waals surface area (Å²) in [6, 6.07) is 2.69. The largest absolute Gasteiger partial charge is 0.508 e. The summed E-state index contributed by atoms with van der Waals surface area (Å²) >= 11 is 0. The van der Waals surface area contributed by atoms with Crippen LogP contribution in [0.5, 0.6) is 11.5 Å². The Morgan fingerprint density at radius 3 is 2.54 bits per heavy atom. The van der Waals surface area contributed by atoms with E-state index in [0.717, 1.165) is 0 Å². The van der Waals surface area contributed by atoms with Crippen molar-refractivity contribution < 1.29 is 10.2 Å². The molecule has 4 heteroatoms. The van der Waals surface area contributed by atoms with Crippen molar-refractivity contribution in [3.05, 3.63) is 23.3 Å². The standard InChI is InChI=1S/C9H14N2O2/c1-5-8(12)3-2-6(9(5)13)7(11)4-10/h2-3,7,12-13H,4,10-11H2,1H3/t7-/m1/s1. The molecule has 0 amide bonds. The van der Waals surface area contributed by atoms with Gasteiger partial charge >= 0.3 is 0 Å². The molecule has 4 nitrogen and oxygen atoms in total. The molecule has 0 aliphatic carbocycles. The SMILES string of the molecule is Cc1c(O)ccc([C@H](N)CN)c1O. The maximum Gasteiger partial charge on any atom is 0.126 e. The maximum absolute atomic E-state index is 9.58. The summed E-state index contributed by atoms with van der Waals surface area (Å²) in [6.07, 6.45) is 0. The van der Waals surface area contributed by atoms with E-state index in [0.29, 0.717) is 11.1 Å². The average molecular weight is 182 g/mol. The molecule has 0 aromatic heterocycles. The third kappa shape index (κ3) is 1.74. The Balaban J connectivity index is 3.18. The van der Waals surface area contributed by atoms with E-state index in [1.807, 2.05) is 0 Å². The van der Waals surface area contributed by atoms with Gasteiger partial charge in [-0.3, -0.25) is 0 Å². The first-order valence-corrected chi connectivity index (χ1v) is 4.05.